The summed E-state index contributed by atoms with van der Waals surface area (Å²) in [5, 5.41) is 2.93. The van der Waals surface area contributed by atoms with Gasteiger partial charge in [0.2, 0.25) is 5.91 Å². The van der Waals surface area contributed by atoms with E-state index in [1.54, 1.807) is 11.8 Å². The molecule has 0 aromatic heterocycles. The molecule has 1 aliphatic rings. The third kappa shape index (κ3) is 3.71. The molecule has 0 atom stereocenters. The Hall–Kier alpha value is -2.11. The van der Waals surface area contributed by atoms with Gasteiger partial charge >= 0.3 is 0 Å². The zero-order chi connectivity index (χ0) is 15.4. The number of rotatable bonds is 3. The van der Waals surface area contributed by atoms with Crippen molar-refractivity contribution < 1.29 is 14.0 Å². The first-order valence-electron chi connectivity index (χ1n) is 7.15. The fourth-order valence-corrected chi connectivity index (χ4v) is 2.44. The lowest BCUT2D eigenvalue weighted by Crippen LogP contribution is -2.46. The fourth-order valence-electron chi connectivity index (χ4n) is 2.44. The van der Waals surface area contributed by atoms with Crippen LogP contribution in [0.25, 0.3) is 0 Å². The largest absolute Gasteiger partial charge is 0.398 e. The molecule has 1 aromatic rings. The molecule has 1 saturated heterocycles. The van der Waals surface area contributed by atoms with Crippen LogP contribution in [0.5, 0.6) is 0 Å². The number of hydrogen-bond acceptors (Lipinski definition) is 3. The average Bonchev–Trinajstić information content (AvgIpc) is 2.49. The number of hydrogen-bond donors (Lipinski definition) is 2. The molecular formula is C15H20FN3O2. The number of likely N-dealkylation sites (tertiary alicyclic amines) is 1. The molecule has 1 aliphatic heterocycles. The van der Waals surface area contributed by atoms with Gasteiger partial charge in [-0.1, -0.05) is 6.92 Å². The molecule has 6 heteroatoms. The van der Waals surface area contributed by atoms with Gasteiger partial charge < -0.3 is 16.0 Å². The van der Waals surface area contributed by atoms with Crippen LogP contribution in [-0.2, 0) is 4.79 Å². The van der Waals surface area contributed by atoms with Crippen LogP contribution in [-0.4, -0.2) is 35.8 Å². The summed E-state index contributed by atoms with van der Waals surface area (Å²) in [6.45, 7) is 2.87. The van der Waals surface area contributed by atoms with E-state index in [2.05, 4.69) is 5.32 Å². The van der Waals surface area contributed by atoms with E-state index in [-0.39, 0.29) is 29.1 Å². The predicted molar refractivity (Wildman–Crippen MR) is 78.2 cm³/mol. The molecule has 0 spiro atoms. The lowest BCUT2D eigenvalue weighted by molar-refractivity contribution is -0.121. The quantitative estimate of drug-likeness (QED) is 0.830. The number of nitrogens with two attached hydrogens (primary N) is 1. The number of piperidine rings is 1. The fraction of sp³-hybridized carbons (Fsp3) is 0.467. The molecule has 114 valence electrons. The van der Waals surface area contributed by atoms with Crippen LogP contribution >= 0.6 is 0 Å². The van der Waals surface area contributed by atoms with Gasteiger partial charge in [-0.05, 0) is 31.0 Å². The molecule has 2 rings (SSSR count). The molecule has 0 unspecified atom stereocenters. The Morgan fingerprint density at radius 1 is 1.38 bits per heavy atom. The molecule has 5 nitrogen and oxygen atoms in total. The van der Waals surface area contributed by atoms with E-state index in [1.165, 1.54) is 18.2 Å². The molecule has 1 aromatic carbocycles. The number of carbonyl (C=O) groups excluding carboxylic acids is 2. The second kappa shape index (κ2) is 6.56. The standard InChI is InChI=1S/C15H20FN3O2/c1-2-14(20)18-11-5-7-19(8-6-11)15(21)12-9-10(16)3-4-13(12)17/h3-4,9,11H,2,5-8,17H2,1H3,(H,18,20). The van der Waals surface area contributed by atoms with Crippen LogP contribution < -0.4 is 11.1 Å². The Labute approximate surface area is 123 Å². The molecule has 0 bridgehead atoms. The lowest BCUT2D eigenvalue weighted by atomic mass is 10.0. The molecule has 3 N–H and O–H groups in total. The molecule has 0 aliphatic carbocycles. The third-order valence-electron chi connectivity index (χ3n) is 3.71. The van der Waals surface area contributed by atoms with E-state index in [0.29, 0.717) is 32.4 Å². The van der Waals surface area contributed by atoms with Crippen molar-refractivity contribution in [1.29, 1.82) is 0 Å². The van der Waals surface area contributed by atoms with Gasteiger partial charge in [0.05, 0.1) is 5.56 Å². The van der Waals surface area contributed by atoms with E-state index in [0.717, 1.165) is 0 Å². The van der Waals surface area contributed by atoms with Crippen molar-refractivity contribution >= 4 is 17.5 Å². The van der Waals surface area contributed by atoms with Crippen LogP contribution in [0.1, 0.15) is 36.5 Å². The Morgan fingerprint density at radius 3 is 2.67 bits per heavy atom. The maximum atomic E-state index is 13.2. The first-order chi connectivity index (χ1) is 10.0. The number of anilines is 1. The van der Waals surface area contributed by atoms with Crippen molar-refractivity contribution in [2.75, 3.05) is 18.8 Å². The molecule has 1 fully saturated rings. The third-order valence-corrected chi connectivity index (χ3v) is 3.71. The average molecular weight is 293 g/mol. The van der Waals surface area contributed by atoms with Crippen molar-refractivity contribution in [3.05, 3.63) is 29.6 Å². The van der Waals surface area contributed by atoms with Crippen LogP contribution in [0.15, 0.2) is 18.2 Å². The first-order valence-corrected chi connectivity index (χ1v) is 7.15. The minimum atomic E-state index is -0.474. The van der Waals surface area contributed by atoms with Crippen molar-refractivity contribution in [2.45, 2.75) is 32.2 Å². The van der Waals surface area contributed by atoms with E-state index >= 15 is 0 Å². The predicted octanol–water partition coefficient (Wildman–Crippen LogP) is 1.54. The van der Waals surface area contributed by atoms with Crippen LogP contribution in [0.3, 0.4) is 0 Å². The van der Waals surface area contributed by atoms with Crippen LogP contribution in [0.2, 0.25) is 0 Å². The number of carbonyl (C=O) groups is 2. The lowest BCUT2D eigenvalue weighted by Gasteiger charge is -2.32. The highest BCUT2D eigenvalue weighted by molar-refractivity contribution is 5.99. The van der Waals surface area contributed by atoms with Gasteiger partial charge in [0, 0.05) is 31.2 Å². The second-order valence-electron chi connectivity index (χ2n) is 5.22. The smallest absolute Gasteiger partial charge is 0.256 e. The highest BCUT2D eigenvalue weighted by Gasteiger charge is 2.25. The summed E-state index contributed by atoms with van der Waals surface area (Å²) in [4.78, 5) is 25.4. The first kappa shape index (κ1) is 15.3. The van der Waals surface area contributed by atoms with Crippen LogP contribution in [0, 0.1) is 5.82 Å². The van der Waals surface area contributed by atoms with E-state index in [1.807, 2.05) is 0 Å². The molecule has 1 heterocycles. The second-order valence-corrected chi connectivity index (χ2v) is 5.22. The zero-order valence-corrected chi connectivity index (χ0v) is 12.1. The Bertz CT molecular complexity index is 540. The maximum Gasteiger partial charge on any atom is 0.256 e. The van der Waals surface area contributed by atoms with Gasteiger partial charge in [-0.2, -0.15) is 0 Å². The zero-order valence-electron chi connectivity index (χ0n) is 12.1. The summed E-state index contributed by atoms with van der Waals surface area (Å²) in [7, 11) is 0. The highest BCUT2D eigenvalue weighted by Crippen LogP contribution is 2.19. The number of nitrogen functional groups attached to an aromatic ring is 1. The Morgan fingerprint density at radius 2 is 2.05 bits per heavy atom. The molecule has 0 saturated carbocycles. The van der Waals surface area contributed by atoms with E-state index in [9.17, 15) is 14.0 Å². The van der Waals surface area contributed by atoms with Crippen LogP contribution in [0.4, 0.5) is 10.1 Å². The minimum absolute atomic E-state index is 0.0224. The summed E-state index contributed by atoms with van der Waals surface area (Å²) in [6.07, 6.45) is 1.86. The van der Waals surface area contributed by atoms with Gasteiger partial charge in [0.1, 0.15) is 5.82 Å². The van der Waals surface area contributed by atoms with Gasteiger partial charge in [0.15, 0.2) is 0 Å². The van der Waals surface area contributed by atoms with Crippen molar-refractivity contribution in [2.24, 2.45) is 0 Å². The number of nitrogens with zero attached hydrogens (tertiary/aromatic N) is 1. The number of nitrogens with one attached hydrogen (secondary N) is 1. The number of benzene rings is 1. The summed E-state index contributed by atoms with van der Waals surface area (Å²) in [5.74, 6) is -0.709. The Kier molecular flexibility index (Phi) is 4.77. The molecule has 21 heavy (non-hydrogen) atoms. The maximum absolute atomic E-state index is 13.2. The van der Waals surface area contributed by atoms with Gasteiger partial charge in [-0.25, -0.2) is 4.39 Å². The normalized spacial score (nSPS) is 15.8. The molecular weight excluding hydrogens is 273 g/mol. The summed E-state index contributed by atoms with van der Waals surface area (Å²) >= 11 is 0. The highest BCUT2D eigenvalue weighted by atomic mass is 19.1. The summed E-state index contributed by atoms with van der Waals surface area (Å²) in [5.41, 5.74) is 6.22. The van der Waals surface area contributed by atoms with Crippen molar-refractivity contribution in [1.82, 2.24) is 10.2 Å². The van der Waals surface area contributed by atoms with Gasteiger partial charge in [0.25, 0.3) is 5.91 Å². The Balaban J connectivity index is 1.97. The topological polar surface area (TPSA) is 75.4 Å². The number of amides is 2. The summed E-state index contributed by atoms with van der Waals surface area (Å²) < 4.78 is 13.2. The van der Waals surface area contributed by atoms with E-state index < -0.39 is 5.82 Å². The molecule has 2 amide bonds. The summed E-state index contributed by atoms with van der Waals surface area (Å²) in [6, 6.07) is 3.91. The SMILES string of the molecule is CCC(=O)NC1CCN(C(=O)c2cc(F)ccc2N)CC1. The van der Waals surface area contributed by atoms with Gasteiger partial charge in [-0.3, -0.25) is 9.59 Å². The van der Waals surface area contributed by atoms with Crippen molar-refractivity contribution in [3.63, 3.8) is 0 Å². The number of halogens is 1. The minimum Gasteiger partial charge on any atom is -0.398 e. The molecule has 0 radical (unpaired) electrons. The monoisotopic (exact) mass is 293 g/mol. The van der Waals surface area contributed by atoms with E-state index in [4.69, 9.17) is 5.73 Å². The van der Waals surface area contributed by atoms with Crippen molar-refractivity contribution in [3.8, 4) is 0 Å². The van der Waals surface area contributed by atoms with Gasteiger partial charge in [-0.15, -0.1) is 0 Å².